The molecule has 0 N–H and O–H groups in total. The number of benzene rings is 8. The molecular formula is C58H44F3NO2. The Hall–Kier alpha value is -6.89. The Morgan fingerprint density at radius 2 is 1.16 bits per heavy atom. The Labute approximate surface area is 371 Å². The fourth-order valence-electron chi connectivity index (χ4n) is 11.5. The third-order valence-corrected chi connectivity index (χ3v) is 14.4. The number of fused-ring (bicyclic) bond motifs is 11. The van der Waals surface area contributed by atoms with E-state index in [1.54, 1.807) is 6.07 Å². The molecule has 1 atom stereocenters. The van der Waals surface area contributed by atoms with Crippen molar-refractivity contribution in [1.82, 2.24) is 0 Å². The third-order valence-electron chi connectivity index (χ3n) is 14.4. The maximum absolute atomic E-state index is 14.3. The van der Waals surface area contributed by atoms with Crippen LogP contribution >= 0.6 is 0 Å². The van der Waals surface area contributed by atoms with Gasteiger partial charge in [-0.1, -0.05) is 159 Å². The van der Waals surface area contributed by atoms with E-state index in [9.17, 15) is 13.2 Å². The van der Waals surface area contributed by atoms with Crippen molar-refractivity contribution >= 4 is 22.5 Å². The summed E-state index contributed by atoms with van der Waals surface area (Å²) in [6.07, 6.45) is -0.0933. The van der Waals surface area contributed by atoms with E-state index in [-0.39, 0.29) is 0 Å². The van der Waals surface area contributed by atoms with Crippen LogP contribution in [-0.4, -0.2) is 26.3 Å². The minimum absolute atomic E-state index is 0.624. The van der Waals surface area contributed by atoms with Crippen LogP contribution in [0.4, 0.5) is 18.9 Å². The Bertz CT molecular complexity index is 3140. The number of hydrogen-bond acceptors (Lipinski definition) is 3. The highest BCUT2D eigenvalue weighted by atomic mass is 19.4. The van der Waals surface area contributed by atoms with Gasteiger partial charge in [-0.25, -0.2) is 0 Å². The summed E-state index contributed by atoms with van der Waals surface area (Å²) in [5.74, 6) is 0.715. The van der Waals surface area contributed by atoms with Crippen molar-refractivity contribution in [3.05, 3.63) is 232 Å². The fourth-order valence-corrected chi connectivity index (χ4v) is 11.5. The van der Waals surface area contributed by atoms with Gasteiger partial charge in [0.05, 0.1) is 24.2 Å². The highest BCUT2D eigenvalue weighted by Gasteiger charge is 2.49. The second-order valence-corrected chi connectivity index (χ2v) is 18.0. The number of anilines is 1. The van der Waals surface area contributed by atoms with Gasteiger partial charge in [-0.3, -0.25) is 0 Å². The summed E-state index contributed by atoms with van der Waals surface area (Å²) in [4.78, 5) is 2.36. The minimum Gasteiger partial charge on any atom is -0.472 e. The fraction of sp³-hybridized carbons (Fsp3) is 0.172. The minimum atomic E-state index is -4.46. The Kier molecular flexibility index (Phi) is 8.51. The molecule has 64 heavy (non-hydrogen) atoms. The van der Waals surface area contributed by atoms with Crippen molar-refractivity contribution in [2.24, 2.45) is 0 Å². The predicted molar refractivity (Wildman–Crippen MR) is 250 cm³/mol. The third kappa shape index (κ3) is 5.45. The van der Waals surface area contributed by atoms with Crippen molar-refractivity contribution in [1.29, 1.82) is 0 Å². The first-order valence-electron chi connectivity index (χ1n) is 22.1. The average Bonchev–Trinajstić information content (AvgIpc) is 3.77. The van der Waals surface area contributed by atoms with Crippen LogP contribution in [0.1, 0.15) is 69.5 Å². The number of hydrogen-bond donors (Lipinski definition) is 0. The molecule has 0 saturated carbocycles. The quantitative estimate of drug-likeness (QED) is 0.172. The second kappa shape index (κ2) is 14.1. The highest BCUT2D eigenvalue weighted by molar-refractivity contribution is 6.08. The standard InChI is InChI=1S/C58H44F3NO2/c1-55(2)50-36-41(58(59,60)61)24-28-47(50)52-45-18-9-10-19-46(45)54-48(53(52)55)29-30-56(64-54,37-21-25-42(26-22-37)62-31-33-63-34-32-62)40-23-27-44-43-17-11-12-20-49(43)57(51(44)35-40,38-13-5-3-6-14-38)39-15-7-4-8-16-39/h3-30,35-36H,31-34H2,1-2H3. The van der Waals surface area contributed by atoms with E-state index in [0.717, 1.165) is 62.9 Å². The van der Waals surface area contributed by atoms with E-state index in [4.69, 9.17) is 9.47 Å². The summed E-state index contributed by atoms with van der Waals surface area (Å²) in [6, 6.07) is 58.4. The molecule has 1 saturated heterocycles. The Morgan fingerprint density at radius 3 is 1.86 bits per heavy atom. The molecule has 0 radical (unpaired) electrons. The molecule has 1 fully saturated rings. The Morgan fingerprint density at radius 1 is 0.547 bits per heavy atom. The van der Waals surface area contributed by atoms with Gasteiger partial charge in [-0.2, -0.15) is 13.2 Å². The lowest BCUT2D eigenvalue weighted by molar-refractivity contribution is -0.137. The first kappa shape index (κ1) is 38.8. The van der Waals surface area contributed by atoms with Gasteiger partial charge in [0.25, 0.3) is 0 Å². The van der Waals surface area contributed by atoms with Crippen LogP contribution in [-0.2, 0) is 27.3 Å². The van der Waals surface area contributed by atoms with Gasteiger partial charge < -0.3 is 14.4 Å². The highest BCUT2D eigenvalue weighted by Crippen LogP contribution is 2.60. The lowest BCUT2D eigenvalue weighted by Crippen LogP contribution is -2.37. The molecule has 8 aromatic carbocycles. The summed E-state index contributed by atoms with van der Waals surface area (Å²) >= 11 is 0. The van der Waals surface area contributed by atoms with E-state index in [1.165, 1.54) is 45.5 Å². The second-order valence-electron chi connectivity index (χ2n) is 18.0. The van der Waals surface area contributed by atoms with Gasteiger partial charge in [0.2, 0.25) is 0 Å². The molecule has 6 heteroatoms. The number of halogens is 3. The van der Waals surface area contributed by atoms with Gasteiger partial charge in [0.15, 0.2) is 5.60 Å². The summed E-state index contributed by atoms with van der Waals surface area (Å²) in [7, 11) is 0. The molecule has 0 bridgehead atoms. The lowest BCUT2D eigenvalue weighted by Gasteiger charge is -2.40. The van der Waals surface area contributed by atoms with Crippen molar-refractivity contribution in [2.75, 3.05) is 31.2 Å². The monoisotopic (exact) mass is 843 g/mol. The van der Waals surface area contributed by atoms with Gasteiger partial charge in [-0.05, 0) is 97.4 Å². The topological polar surface area (TPSA) is 21.7 Å². The van der Waals surface area contributed by atoms with Crippen molar-refractivity contribution in [2.45, 2.75) is 36.5 Å². The zero-order valence-corrected chi connectivity index (χ0v) is 35.5. The summed E-state index contributed by atoms with van der Waals surface area (Å²) in [5.41, 5.74) is 11.4. The SMILES string of the molecule is CC1(C)c2cc(C(F)(F)F)ccc2-c2c1c1c(c3ccccc23)OC(c2ccc(N3CCOCC3)cc2)(c2ccc3c(c2)C(c2ccccc2)(c2ccccc2)c2ccccc2-3)C=C1. The molecule has 0 amide bonds. The predicted octanol–water partition coefficient (Wildman–Crippen LogP) is 13.7. The first-order chi connectivity index (χ1) is 31.1. The van der Waals surface area contributed by atoms with Crippen LogP contribution in [0, 0.1) is 0 Å². The van der Waals surface area contributed by atoms with Gasteiger partial charge in [0, 0.05) is 46.3 Å². The van der Waals surface area contributed by atoms with E-state index in [1.807, 2.05) is 26.0 Å². The number of morpholine rings is 1. The molecular weight excluding hydrogens is 800 g/mol. The Balaban J connectivity index is 1.12. The van der Waals surface area contributed by atoms with E-state index < -0.39 is 28.2 Å². The van der Waals surface area contributed by atoms with Crippen LogP contribution < -0.4 is 9.64 Å². The molecule has 2 heterocycles. The van der Waals surface area contributed by atoms with Crippen molar-refractivity contribution < 1.29 is 22.6 Å². The molecule has 8 aromatic rings. The molecule has 0 spiro atoms. The largest absolute Gasteiger partial charge is 0.472 e. The molecule has 2 aliphatic heterocycles. The van der Waals surface area contributed by atoms with E-state index in [0.29, 0.717) is 24.5 Å². The summed E-state index contributed by atoms with van der Waals surface area (Å²) in [6.45, 7) is 7.09. The van der Waals surface area contributed by atoms with Crippen molar-refractivity contribution in [3.8, 4) is 28.0 Å². The smallest absolute Gasteiger partial charge is 0.416 e. The normalized spacial score (nSPS) is 18.7. The maximum atomic E-state index is 14.3. The number of alkyl halides is 3. The van der Waals surface area contributed by atoms with Crippen molar-refractivity contribution in [3.63, 3.8) is 0 Å². The van der Waals surface area contributed by atoms with E-state index in [2.05, 4.69) is 157 Å². The van der Waals surface area contributed by atoms with Crippen LogP contribution in [0.15, 0.2) is 176 Å². The molecule has 1 unspecified atom stereocenters. The van der Waals surface area contributed by atoms with Gasteiger partial charge in [0.1, 0.15) is 5.75 Å². The zero-order chi connectivity index (χ0) is 43.4. The molecule has 3 nitrogen and oxygen atoms in total. The maximum Gasteiger partial charge on any atom is 0.416 e. The zero-order valence-electron chi connectivity index (χ0n) is 35.5. The van der Waals surface area contributed by atoms with Crippen LogP contribution in [0.5, 0.6) is 5.75 Å². The number of ether oxygens (including phenoxy) is 2. The number of nitrogens with zero attached hydrogens (tertiary/aromatic N) is 1. The molecule has 4 aliphatic rings. The molecule has 0 aromatic heterocycles. The molecule has 314 valence electrons. The van der Waals surface area contributed by atoms with Crippen LogP contribution in [0.3, 0.4) is 0 Å². The molecule has 12 rings (SSSR count). The first-order valence-corrected chi connectivity index (χ1v) is 22.1. The van der Waals surface area contributed by atoms with Crippen LogP contribution in [0.2, 0.25) is 0 Å². The van der Waals surface area contributed by atoms with Crippen LogP contribution in [0.25, 0.3) is 39.1 Å². The average molecular weight is 844 g/mol. The lowest BCUT2D eigenvalue weighted by atomic mass is 9.67. The summed E-state index contributed by atoms with van der Waals surface area (Å²) in [5, 5.41) is 1.86. The number of rotatable bonds is 5. The summed E-state index contributed by atoms with van der Waals surface area (Å²) < 4.78 is 56.3. The van der Waals surface area contributed by atoms with Gasteiger partial charge in [-0.15, -0.1) is 0 Å². The van der Waals surface area contributed by atoms with E-state index >= 15 is 0 Å². The van der Waals surface area contributed by atoms with Gasteiger partial charge >= 0.3 is 6.18 Å². The molecule has 2 aliphatic carbocycles.